The lowest BCUT2D eigenvalue weighted by Gasteiger charge is -2.25. The molecule has 2 aliphatic rings. The van der Waals surface area contributed by atoms with E-state index in [9.17, 15) is 22.8 Å². The number of alkyl halides is 3. The van der Waals surface area contributed by atoms with Gasteiger partial charge in [0.25, 0.3) is 11.8 Å². The van der Waals surface area contributed by atoms with Crippen molar-refractivity contribution >= 4 is 29.3 Å². The highest BCUT2D eigenvalue weighted by molar-refractivity contribution is 7.99. The SMILES string of the molecule is CCN1CCCC1CNC(=O)c1ccc2c(c1)N(Cc1ccc(C(F)(F)F)cc1)C(=O)c1ccccc1S2. The molecule has 1 fully saturated rings. The van der Waals surface area contributed by atoms with Crippen molar-refractivity contribution in [2.45, 2.75) is 48.3 Å². The van der Waals surface area contributed by atoms with Crippen molar-refractivity contribution in [3.63, 3.8) is 0 Å². The third-order valence-electron chi connectivity index (χ3n) is 7.12. The number of likely N-dealkylation sites (tertiary alicyclic amines) is 1. The fourth-order valence-electron chi connectivity index (χ4n) is 5.06. The minimum absolute atomic E-state index is 0.0669. The molecule has 0 aromatic heterocycles. The summed E-state index contributed by atoms with van der Waals surface area (Å²) in [4.78, 5) is 32.3. The Labute approximate surface area is 224 Å². The molecule has 0 saturated carbocycles. The van der Waals surface area contributed by atoms with Gasteiger partial charge in [0.2, 0.25) is 0 Å². The van der Waals surface area contributed by atoms with Crippen molar-refractivity contribution < 1.29 is 22.8 Å². The molecule has 3 aromatic carbocycles. The van der Waals surface area contributed by atoms with Crippen LogP contribution in [0.1, 0.15) is 51.6 Å². The zero-order valence-corrected chi connectivity index (χ0v) is 21.7. The average molecular weight is 540 g/mol. The molecule has 2 aliphatic heterocycles. The van der Waals surface area contributed by atoms with Crippen molar-refractivity contribution in [3.05, 3.63) is 89.0 Å². The fourth-order valence-corrected chi connectivity index (χ4v) is 6.11. The van der Waals surface area contributed by atoms with E-state index in [0.29, 0.717) is 35.0 Å². The molecule has 198 valence electrons. The van der Waals surface area contributed by atoms with Gasteiger partial charge in [-0.15, -0.1) is 0 Å². The van der Waals surface area contributed by atoms with Gasteiger partial charge in [-0.1, -0.05) is 43.0 Å². The van der Waals surface area contributed by atoms with Crippen molar-refractivity contribution in [3.8, 4) is 0 Å². The van der Waals surface area contributed by atoms with Crippen LogP contribution in [0.4, 0.5) is 18.9 Å². The number of hydrogen-bond acceptors (Lipinski definition) is 4. The van der Waals surface area contributed by atoms with Crippen LogP contribution in [-0.2, 0) is 12.7 Å². The second kappa shape index (κ2) is 10.8. The van der Waals surface area contributed by atoms with Crippen molar-refractivity contribution in [1.29, 1.82) is 0 Å². The van der Waals surface area contributed by atoms with Gasteiger partial charge in [-0.05, 0) is 74.0 Å². The molecular weight excluding hydrogens is 511 g/mol. The number of carbonyl (C=O) groups is 2. The monoisotopic (exact) mass is 539 g/mol. The Hall–Kier alpha value is -3.30. The summed E-state index contributed by atoms with van der Waals surface area (Å²) < 4.78 is 39.2. The van der Waals surface area contributed by atoms with Gasteiger partial charge in [0.1, 0.15) is 0 Å². The second-order valence-electron chi connectivity index (χ2n) is 9.50. The first-order valence-electron chi connectivity index (χ1n) is 12.7. The molecule has 3 aromatic rings. The number of nitrogens with zero attached hydrogens (tertiary/aromatic N) is 2. The standard InChI is InChI=1S/C29H28F3N3O2S/c1-2-34-15-5-6-22(34)17-33-27(36)20-11-14-26-24(16-20)35(28(37)23-7-3-4-8-25(23)38-26)18-19-9-12-21(13-10-19)29(30,31)32/h3-4,7-14,16,22H,2,5-6,15,17-18H2,1H3,(H,33,36). The smallest absolute Gasteiger partial charge is 0.350 e. The molecule has 0 aliphatic carbocycles. The molecule has 0 spiro atoms. The molecule has 2 heterocycles. The summed E-state index contributed by atoms with van der Waals surface area (Å²) >= 11 is 1.44. The Morgan fingerprint density at radius 3 is 2.55 bits per heavy atom. The molecule has 38 heavy (non-hydrogen) atoms. The Balaban J connectivity index is 1.45. The maximum absolute atomic E-state index is 13.7. The molecule has 5 rings (SSSR count). The van der Waals surface area contributed by atoms with Gasteiger partial charge < -0.3 is 10.2 Å². The summed E-state index contributed by atoms with van der Waals surface area (Å²) in [5, 5.41) is 3.04. The van der Waals surface area contributed by atoms with Crippen molar-refractivity contribution in [1.82, 2.24) is 10.2 Å². The normalized spacial score (nSPS) is 17.6. The van der Waals surface area contributed by atoms with Gasteiger partial charge in [-0.3, -0.25) is 14.5 Å². The van der Waals surface area contributed by atoms with Crippen LogP contribution in [0, 0.1) is 0 Å². The molecule has 1 saturated heterocycles. The number of carbonyl (C=O) groups excluding carboxylic acids is 2. The lowest BCUT2D eigenvalue weighted by Crippen LogP contribution is -2.40. The Morgan fingerprint density at radius 1 is 1.05 bits per heavy atom. The highest BCUT2D eigenvalue weighted by Crippen LogP contribution is 2.42. The number of anilines is 1. The molecule has 0 radical (unpaired) electrons. The number of fused-ring (bicyclic) bond motifs is 2. The summed E-state index contributed by atoms with van der Waals surface area (Å²) in [5.74, 6) is -0.488. The minimum atomic E-state index is -4.44. The first-order valence-corrected chi connectivity index (χ1v) is 13.5. The molecule has 1 N–H and O–H groups in total. The van der Waals surface area contributed by atoms with Crippen LogP contribution in [0.2, 0.25) is 0 Å². The number of nitrogens with one attached hydrogen (secondary N) is 1. The predicted octanol–water partition coefficient (Wildman–Crippen LogP) is 6.23. The van der Waals surface area contributed by atoms with Gasteiger partial charge in [-0.2, -0.15) is 13.2 Å². The second-order valence-corrected chi connectivity index (χ2v) is 10.6. The lowest BCUT2D eigenvalue weighted by molar-refractivity contribution is -0.137. The predicted molar refractivity (Wildman–Crippen MR) is 142 cm³/mol. The Bertz CT molecular complexity index is 1340. The molecule has 9 heteroatoms. The van der Waals surface area contributed by atoms with Gasteiger partial charge in [0.15, 0.2) is 0 Å². The molecule has 2 amide bonds. The van der Waals surface area contributed by atoms with Crippen LogP contribution in [0.15, 0.2) is 76.5 Å². The molecule has 5 nitrogen and oxygen atoms in total. The van der Waals surface area contributed by atoms with Crippen LogP contribution in [0.5, 0.6) is 0 Å². The number of rotatable bonds is 6. The average Bonchev–Trinajstić information content (AvgIpc) is 3.34. The van der Waals surface area contributed by atoms with Crippen LogP contribution >= 0.6 is 11.8 Å². The summed E-state index contributed by atoms with van der Waals surface area (Å²) in [5.41, 5.74) is 1.30. The summed E-state index contributed by atoms with van der Waals surface area (Å²) in [7, 11) is 0. The topological polar surface area (TPSA) is 52.7 Å². The van der Waals surface area contributed by atoms with E-state index in [0.717, 1.165) is 47.9 Å². The number of likely N-dealkylation sites (N-methyl/N-ethyl adjacent to an activating group) is 1. The highest BCUT2D eigenvalue weighted by Gasteiger charge is 2.31. The van der Waals surface area contributed by atoms with Gasteiger partial charge in [0, 0.05) is 27.9 Å². The number of halogens is 3. The molecule has 0 bridgehead atoms. The van der Waals surface area contributed by atoms with Crippen LogP contribution < -0.4 is 10.2 Å². The van der Waals surface area contributed by atoms with Crippen molar-refractivity contribution in [2.24, 2.45) is 0 Å². The summed E-state index contributed by atoms with van der Waals surface area (Å²) in [6.45, 7) is 4.72. The first-order chi connectivity index (χ1) is 18.2. The van der Waals surface area contributed by atoms with E-state index in [-0.39, 0.29) is 18.4 Å². The lowest BCUT2D eigenvalue weighted by atomic mass is 10.1. The van der Waals surface area contributed by atoms with E-state index in [1.807, 2.05) is 18.2 Å². The van der Waals surface area contributed by atoms with E-state index in [1.54, 1.807) is 29.2 Å². The molecule has 1 atom stereocenters. The van der Waals surface area contributed by atoms with E-state index in [2.05, 4.69) is 17.1 Å². The summed E-state index contributed by atoms with van der Waals surface area (Å²) in [6, 6.07) is 17.7. The van der Waals surface area contributed by atoms with E-state index in [4.69, 9.17) is 0 Å². The summed E-state index contributed by atoms with van der Waals surface area (Å²) in [6.07, 6.45) is -2.28. The fraction of sp³-hybridized carbons (Fsp3) is 0.310. The minimum Gasteiger partial charge on any atom is -0.350 e. The van der Waals surface area contributed by atoms with Crippen LogP contribution in [0.3, 0.4) is 0 Å². The van der Waals surface area contributed by atoms with Gasteiger partial charge in [0.05, 0.1) is 23.4 Å². The van der Waals surface area contributed by atoms with E-state index < -0.39 is 11.7 Å². The van der Waals surface area contributed by atoms with Gasteiger partial charge >= 0.3 is 6.18 Å². The largest absolute Gasteiger partial charge is 0.416 e. The zero-order valence-electron chi connectivity index (χ0n) is 20.9. The Morgan fingerprint density at radius 2 is 1.82 bits per heavy atom. The van der Waals surface area contributed by atoms with Crippen LogP contribution in [-0.4, -0.2) is 42.4 Å². The molecular formula is C29H28F3N3O2S. The third kappa shape index (κ3) is 5.44. The quantitative estimate of drug-likeness (QED) is 0.404. The number of benzene rings is 3. The first kappa shape index (κ1) is 26.3. The zero-order chi connectivity index (χ0) is 26.9. The van der Waals surface area contributed by atoms with Crippen LogP contribution in [0.25, 0.3) is 0 Å². The number of amides is 2. The molecule has 1 unspecified atom stereocenters. The van der Waals surface area contributed by atoms with E-state index >= 15 is 0 Å². The number of hydrogen-bond donors (Lipinski definition) is 1. The Kier molecular flexibility index (Phi) is 7.49. The third-order valence-corrected chi connectivity index (χ3v) is 8.26. The maximum atomic E-state index is 13.7. The van der Waals surface area contributed by atoms with E-state index in [1.165, 1.54) is 23.9 Å². The van der Waals surface area contributed by atoms with Crippen molar-refractivity contribution in [2.75, 3.05) is 24.5 Å². The maximum Gasteiger partial charge on any atom is 0.416 e. The van der Waals surface area contributed by atoms with Gasteiger partial charge in [-0.25, -0.2) is 0 Å². The highest BCUT2D eigenvalue weighted by atomic mass is 32.2.